The highest BCUT2D eigenvalue weighted by atomic mass is 32.1. The Morgan fingerprint density at radius 2 is 2.35 bits per heavy atom. The normalized spacial score (nSPS) is 21.2. The highest BCUT2D eigenvalue weighted by Gasteiger charge is 2.33. The van der Waals surface area contributed by atoms with Gasteiger partial charge in [0.1, 0.15) is 0 Å². The van der Waals surface area contributed by atoms with Gasteiger partial charge in [0.2, 0.25) is 0 Å². The summed E-state index contributed by atoms with van der Waals surface area (Å²) in [5, 5.41) is 2.45. The van der Waals surface area contributed by atoms with Gasteiger partial charge in [-0.1, -0.05) is 6.07 Å². The number of nitrogens with two attached hydrogens (primary N) is 1. The number of hydrazine groups is 1. The fourth-order valence-corrected chi connectivity index (χ4v) is 3.30. The van der Waals surface area contributed by atoms with Gasteiger partial charge in [-0.15, -0.1) is 0 Å². The van der Waals surface area contributed by atoms with Crippen molar-refractivity contribution in [2.75, 3.05) is 11.6 Å². The van der Waals surface area contributed by atoms with Gasteiger partial charge < -0.3 is 5.73 Å². The van der Waals surface area contributed by atoms with E-state index in [0.29, 0.717) is 11.0 Å². The summed E-state index contributed by atoms with van der Waals surface area (Å²) in [6, 6.07) is 4.39. The van der Waals surface area contributed by atoms with Crippen LogP contribution in [0.1, 0.15) is 35.4 Å². The molecule has 0 saturated carbocycles. The lowest BCUT2D eigenvalue weighted by molar-refractivity contribution is 0.566. The van der Waals surface area contributed by atoms with Crippen molar-refractivity contribution in [1.29, 1.82) is 0 Å². The summed E-state index contributed by atoms with van der Waals surface area (Å²) in [7, 11) is 0. The molecular weight excluding hydrogens is 230 g/mol. The van der Waals surface area contributed by atoms with E-state index in [0.717, 1.165) is 6.54 Å². The Morgan fingerprint density at radius 1 is 1.53 bits per heavy atom. The van der Waals surface area contributed by atoms with Gasteiger partial charge in [0.15, 0.2) is 5.11 Å². The van der Waals surface area contributed by atoms with Crippen molar-refractivity contribution in [2.45, 2.75) is 32.1 Å². The van der Waals surface area contributed by atoms with Crippen molar-refractivity contribution in [3.63, 3.8) is 0 Å². The zero-order chi connectivity index (χ0) is 12.0. The van der Waals surface area contributed by atoms with E-state index in [4.69, 9.17) is 18.0 Å². The van der Waals surface area contributed by atoms with Gasteiger partial charge >= 0.3 is 0 Å². The number of rotatable bonds is 1. The third-order valence-corrected chi connectivity index (χ3v) is 3.99. The molecule has 1 heterocycles. The largest absolute Gasteiger partial charge is 0.375 e. The molecule has 90 valence electrons. The van der Waals surface area contributed by atoms with E-state index in [2.05, 4.69) is 29.5 Å². The highest BCUT2D eigenvalue weighted by molar-refractivity contribution is 7.80. The first-order valence-corrected chi connectivity index (χ1v) is 6.53. The Balaban J connectivity index is 2.06. The maximum absolute atomic E-state index is 5.58. The van der Waals surface area contributed by atoms with Gasteiger partial charge in [-0.3, -0.25) is 10.4 Å². The van der Waals surface area contributed by atoms with Crippen molar-refractivity contribution < 1.29 is 0 Å². The predicted molar refractivity (Wildman–Crippen MR) is 74.1 cm³/mol. The summed E-state index contributed by atoms with van der Waals surface area (Å²) in [5.41, 5.74) is 14.4. The number of benzene rings is 1. The van der Waals surface area contributed by atoms with Gasteiger partial charge in [0, 0.05) is 12.5 Å². The van der Waals surface area contributed by atoms with E-state index in [1.807, 2.05) is 0 Å². The monoisotopic (exact) mass is 247 g/mol. The Labute approximate surface area is 107 Å². The van der Waals surface area contributed by atoms with E-state index >= 15 is 0 Å². The number of nitrogens with one attached hydrogen (secondary N) is 1. The van der Waals surface area contributed by atoms with E-state index < -0.39 is 0 Å². The Hall–Kier alpha value is -1.29. The molecule has 3 rings (SSSR count). The van der Waals surface area contributed by atoms with Crippen molar-refractivity contribution in [3.8, 4) is 0 Å². The van der Waals surface area contributed by atoms with Crippen LogP contribution in [0.3, 0.4) is 0 Å². The Bertz CT molecular complexity index is 484. The third-order valence-electron chi connectivity index (χ3n) is 3.89. The van der Waals surface area contributed by atoms with Crippen LogP contribution in [0.25, 0.3) is 0 Å². The topological polar surface area (TPSA) is 41.3 Å². The average molecular weight is 247 g/mol. The molecule has 0 aromatic heterocycles. The first-order valence-electron chi connectivity index (χ1n) is 6.13. The molecule has 1 unspecified atom stereocenters. The maximum atomic E-state index is 5.58. The molecule has 2 aliphatic rings. The number of hydrogen-bond acceptors (Lipinski definition) is 2. The summed E-state index contributed by atoms with van der Waals surface area (Å²) >= 11 is 4.94. The Morgan fingerprint density at radius 3 is 3.12 bits per heavy atom. The smallest absolute Gasteiger partial charge is 0.182 e. The molecule has 3 N–H and O–H groups in total. The lowest BCUT2D eigenvalue weighted by Gasteiger charge is -2.21. The summed E-state index contributed by atoms with van der Waals surface area (Å²) in [4.78, 5) is 0. The van der Waals surface area contributed by atoms with E-state index in [9.17, 15) is 0 Å². The number of hydrogen-bond donors (Lipinski definition) is 2. The second kappa shape index (κ2) is 3.88. The molecule has 4 heteroatoms. The molecule has 1 aromatic carbocycles. The molecule has 3 nitrogen and oxygen atoms in total. The SMILES string of the molecule is Cc1ccc2c3c1CCCC3CN2NC(N)=S. The molecule has 0 fully saturated rings. The molecule has 1 aromatic rings. The standard InChI is InChI=1S/C13H17N3S/c1-8-5-6-11-12-9(3-2-4-10(8)12)7-16(11)15-13(14)17/h5-6,9H,2-4,7H2,1H3,(H3,14,15,17). The van der Waals surface area contributed by atoms with Crippen LogP contribution in [-0.4, -0.2) is 11.7 Å². The Kier molecular flexibility index (Phi) is 2.47. The van der Waals surface area contributed by atoms with Gasteiger partial charge in [0.05, 0.1) is 5.69 Å². The van der Waals surface area contributed by atoms with Crippen molar-refractivity contribution in [1.82, 2.24) is 5.43 Å². The first-order chi connectivity index (χ1) is 8.16. The summed E-state index contributed by atoms with van der Waals surface area (Å²) in [6.45, 7) is 3.20. The summed E-state index contributed by atoms with van der Waals surface area (Å²) < 4.78 is 0. The van der Waals surface area contributed by atoms with Gasteiger partial charge in [-0.2, -0.15) is 0 Å². The van der Waals surface area contributed by atoms with Crippen LogP contribution >= 0.6 is 12.2 Å². The minimum absolute atomic E-state index is 0.345. The molecule has 0 amide bonds. The second-order valence-electron chi connectivity index (χ2n) is 4.97. The van der Waals surface area contributed by atoms with Crippen LogP contribution in [0.5, 0.6) is 0 Å². The van der Waals surface area contributed by atoms with E-state index in [1.165, 1.54) is 36.1 Å². The lowest BCUT2D eigenvalue weighted by Crippen LogP contribution is -2.44. The average Bonchev–Trinajstić information content (AvgIpc) is 2.62. The molecule has 0 saturated heterocycles. The quantitative estimate of drug-likeness (QED) is 0.745. The van der Waals surface area contributed by atoms with Gasteiger partial charge in [0.25, 0.3) is 0 Å². The molecule has 1 aliphatic carbocycles. The fourth-order valence-electron chi connectivity index (χ4n) is 3.19. The lowest BCUT2D eigenvalue weighted by atomic mass is 9.82. The van der Waals surface area contributed by atoms with Crippen LogP contribution in [0.2, 0.25) is 0 Å². The number of thiocarbonyl (C=S) groups is 1. The van der Waals surface area contributed by atoms with Gasteiger partial charge in [-0.25, -0.2) is 0 Å². The number of anilines is 1. The summed E-state index contributed by atoms with van der Waals surface area (Å²) in [5.74, 6) is 0.649. The van der Waals surface area contributed by atoms with Crippen molar-refractivity contribution in [3.05, 3.63) is 28.8 Å². The first kappa shape index (κ1) is 10.8. The zero-order valence-corrected chi connectivity index (χ0v) is 10.8. The molecule has 0 bridgehead atoms. The minimum Gasteiger partial charge on any atom is -0.375 e. The molecule has 1 aliphatic heterocycles. The van der Waals surface area contributed by atoms with E-state index in [1.54, 1.807) is 5.56 Å². The van der Waals surface area contributed by atoms with Crippen LogP contribution in [-0.2, 0) is 6.42 Å². The van der Waals surface area contributed by atoms with E-state index in [-0.39, 0.29) is 0 Å². The fraction of sp³-hybridized carbons (Fsp3) is 0.462. The minimum atomic E-state index is 0.345. The number of nitrogens with zero attached hydrogens (tertiary/aromatic N) is 1. The van der Waals surface area contributed by atoms with Crippen LogP contribution < -0.4 is 16.2 Å². The highest BCUT2D eigenvalue weighted by Crippen LogP contribution is 2.44. The zero-order valence-electron chi connectivity index (χ0n) is 9.99. The van der Waals surface area contributed by atoms with Crippen molar-refractivity contribution in [2.24, 2.45) is 5.73 Å². The second-order valence-corrected chi connectivity index (χ2v) is 5.41. The molecular formula is C13H17N3S. The van der Waals surface area contributed by atoms with Crippen LogP contribution in [0, 0.1) is 6.92 Å². The van der Waals surface area contributed by atoms with Crippen LogP contribution in [0.15, 0.2) is 12.1 Å². The molecule has 0 radical (unpaired) electrons. The molecule has 1 atom stereocenters. The van der Waals surface area contributed by atoms with Crippen LogP contribution in [0.4, 0.5) is 5.69 Å². The maximum Gasteiger partial charge on any atom is 0.182 e. The van der Waals surface area contributed by atoms with Gasteiger partial charge in [-0.05, 0) is 61.2 Å². The molecule has 0 spiro atoms. The number of aryl methyl sites for hydroxylation is 1. The summed E-state index contributed by atoms with van der Waals surface area (Å²) in [6.07, 6.45) is 3.79. The molecule has 17 heavy (non-hydrogen) atoms. The van der Waals surface area contributed by atoms with Crippen molar-refractivity contribution >= 4 is 23.0 Å². The third kappa shape index (κ3) is 1.67. The predicted octanol–water partition coefficient (Wildman–Crippen LogP) is 1.98.